The maximum atomic E-state index is 13.6. The van der Waals surface area contributed by atoms with Crippen molar-refractivity contribution >= 4 is 22.5 Å². The van der Waals surface area contributed by atoms with Crippen LogP contribution in [0.4, 0.5) is 5.69 Å². The van der Waals surface area contributed by atoms with E-state index in [0.29, 0.717) is 35.0 Å². The van der Waals surface area contributed by atoms with Crippen molar-refractivity contribution in [2.75, 3.05) is 25.5 Å². The zero-order chi connectivity index (χ0) is 25.9. The summed E-state index contributed by atoms with van der Waals surface area (Å²) in [6.45, 7) is 7.20. The van der Waals surface area contributed by atoms with Gasteiger partial charge in [0.05, 0.1) is 23.6 Å². The summed E-state index contributed by atoms with van der Waals surface area (Å²) in [5.41, 5.74) is 4.29. The Morgan fingerprint density at radius 3 is 2.70 bits per heavy atom. The number of nitrogens with one attached hydrogen (secondary N) is 2. The molecule has 1 saturated heterocycles. The Balaban J connectivity index is 1.45. The summed E-state index contributed by atoms with van der Waals surface area (Å²) < 4.78 is 1.90. The van der Waals surface area contributed by atoms with Gasteiger partial charge in [-0.2, -0.15) is 5.10 Å². The van der Waals surface area contributed by atoms with Crippen molar-refractivity contribution in [3.63, 3.8) is 0 Å². The Morgan fingerprint density at radius 1 is 1.19 bits per heavy atom. The van der Waals surface area contributed by atoms with Gasteiger partial charge in [0.25, 0.3) is 5.91 Å². The van der Waals surface area contributed by atoms with E-state index in [1.807, 2.05) is 30.7 Å². The van der Waals surface area contributed by atoms with E-state index in [1.165, 1.54) is 6.07 Å². The molecule has 4 heterocycles. The van der Waals surface area contributed by atoms with Gasteiger partial charge in [0.15, 0.2) is 5.82 Å². The Labute approximate surface area is 215 Å². The number of rotatable bonds is 7. The molecule has 37 heavy (non-hydrogen) atoms. The molecule has 192 valence electrons. The number of piperidine rings is 1. The van der Waals surface area contributed by atoms with Crippen LogP contribution in [-0.4, -0.2) is 66.8 Å². The molecule has 0 radical (unpaired) electrons. The van der Waals surface area contributed by atoms with Gasteiger partial charge in [-0.05, 0) is 70.1 Å². The molecule has 0 aliphatic carbocycles. The first kappa shape index (κ1) is 24.6. The molecular weight excluding hydrogens is 468 g/mol. The van der Waals surface area contributed by atoms with Crippen molar-refractivity contribution in [3.05, 3.63) is 59.7 Å². The number of hydrogen-bond donors (Lipinski definition) is 3. The summed E-state index contributed by atoms with van der Waals surface area (Å²) in [6, 6.07) is 9.03. The minimum absolute atomic E-state index is 0.0482. The molecule has 1 aliphatic rings. The van der Waals surface area contributed by atoms with E-state index in [4.69, 9.17) is 0 Å². The fraction of sp³-hybridized carbons (Fsp3) is 0.370. The predicted molar refractivity (Wildman–Crippen MR) is 142 cm³/mol. The third-order valence-electron chi connectivity index (χ3n) is 6.84. The highest BCUT2D eigenvalue weighted by Gasteiger charge is 2.22. The van der Waals surface area contributed by atoms with Crippen LogP contribution in [0.15, 0.2) is 42.7 Å². The first-order valence-corrected chi connectivity index (χ1v) is 12.6. The number of pyridine rings is 1. The number of anilines is 1. The largest absolute Gasteiger partial charge is 0.508 e. The monoisotopic (exact) mass is 500 g/mol. The summed E-state index contributed by atoms with van der Waals surface area (Å²) in [5, 5.41) is 21.9. The van der Waals surface area contributed by atoms with Crippen molar-refractivity contribution < 1.29 is 9.90 Å². The smallest absolute Gasteiger partial charge is 0.273 e. The number of aryl methyl sites for hydroxylation is 1. The quantitative estimate of drug-likeness (QED) is 0.353. The van der Waals surface area contributed by atoms with E-state index in [1.54, 1.807) is 36.5 Å². The molecule has 3 N–H and O–H groups in total. The number of aromatic hydroxyl groups is 1. The molecule has 1 fully saturated rings. The van der Waals surface area contributed by atoms with Crippen LogP contribution in [0, 0.1) is 6.92 Å². The number of hydrogen-bond acceptors (Lipinski definition) is 8. The van der Waals surface area contributed by atoms with E-state index in [-0.39, 0.29) is 17.4 Å². The van der Waals surface area contributed by atoms with Gasteiger partial charge in [0.1, 0.15) is 17.1 Å². The first-order valence-electron chi connectivity index (χ1n) is 12.6. The second kappa shape index (κ2) is 10.5. The maximum Gasteiger partial charge on any atom is 0.273 e. The topological polar surface area (TPSA) is 121 Å². The number of phenols is 1. The normalized spacial score (nSPS) is 14.1. The van der Waals surface area contributed by atoms with Gasteiger partial charge >= 0.3 is 0 Å². The minimum atomic E-state index is -0.271. The molecule has 0 bridgehead atoms. The van der Waals surface area contributed by atoms with Gasteiger partial charge in [-0.1, -0.05) is 0 Å². The van der Waals surface area contributed by atoms with Gasteiger partial charge in [0.2, 0.25) is 0 Å². The van der Waals surface area contributed by atoms with Crippen molar-refractivity contribution in [1.29, 1.82) is 0 Å². The van der Waals surface area contributed by atoms with Crippen LogP contribution < -0.4 is 10.6 Å². The van der Waals surface area contributed by atoms with Crippen molar-refractivity contribution in [3.8, 4) is 17.3 Å². The lowest BCUT2D eigenvalue weighted by atomic mass is 10.1. The number of nitrogens with zero attached hydrogens (tertiary/aromatic N) is 6. The number of carbonyl (C=O) groups is 1. The molecule has 0 atom stereocenters. The summed E-state index contributed by atoms with van der Waals surface area (Å²) in [5.74, 6) is 0.137. The Kier molecular flexibility index (Phi) is 7.00. The van der Waals surface area contributed by atoms with Crippen LogP contribution >= 0.6 is 0 Å². The SMILES string of the molecule is CCn1ncc(CN(C)C(=O)c2nc(-c3ccc(NC4CCNCC4)cn3)nc3ccc(O)cc23)c1C. The van der Waals surface area contributed by atoms with Gasteiger partial charge in [-0.25, -0.2) is 9.97 Å². The summed E-state index contributed by atoms with van der Waals surface area (Å²) in [4.78, 5) is 29.1. The molecule has 1 amide bonds. The van der Waals surface area contributed by atoms with E-state index < -0.39 is 0 Å². The summed E-state index contributed by atoms with van der Waals surface area (Å²) >= 11 is 0. The molecule has 1 aromatic carbocycles. The summed E-state index contributed by atoms with van der Waals surface area (Å²) in [6.07, 6.45) is 5.71. The van der Waals surface area contributed by atoms with Crippen molar-refractivity contribution in [2.24, 2.45) is 0 Å². The van der Waals surface area contributed by atoms with E-state index in [0.717, 1.165) is 49.4 Å². The maximum absolute atomic E-state index is 13.6. The third-order valence-corrected chi connectivity index (χ3v) is 6.84. The molecule has 4 aromatic rings. The molecule has 0 spiro atoms. The molecule has 10 heteroatoms. The third kappa shape index (κ3) is 5.24. The lowest BCUT2D eigenvalue weighted by Crippen LogP contribution is -2.35. The van der Waals surface area contributed by atoms with E-state index in [9.17, 15) is 9.90 Å². The predicted octanol–water partition coefficient (Wildman–Crippen LogP) is 3.36. The van der Waals surface area contributed by atoms with Crippen LogP contribution in [0.3, 0.4) is 0 Å². The van der Waals surface area contributed by atoms with Crippen molar-refractivity contribution in [2.45, 2.75) is 45.8 Å². The lowest BCUT2D eigenvalue weighted by Gasteiger charge is -2.24. The highest BCUT2D eigenvalue weighted by molar-refractivity contribution is 6.05. The molecule has 0 saturated carbocycles. The molecular formula is C27H32N8O2. The molecule has 1 aliphatic heterocycles. The van der Waals surface area contributed by atoms with E-state index >= 15 is 0 Å². The number of carbonyl (C=O) groups excluding carboxylic acids is 1. The lowest BCUT2D eigenvalue weighted by molar-refractivity contribution is 0.0781. The molecule has 10 nitrogen and oxygen atoms in total. The van der Waals surface area contributed by atoms with Crippen LogP contribution in [0.1, 0.15) is 41.5 Å². The highest BCUT2D eigenvalue weighted by Crippen LogP contribution is 2.26. The number of phenolic OH excluding ortho intramolecular Hbond substituents is 1. The Bertz CT molecular complexity index is 1410. The van der Waals surface area contributed by atoms with Gasteiger partial charge in [-0.15, -0.1) is 0 Å². The highest BCUT2D eigenvalue weighted by atomic mass is 16.3. The molecule has 5 rings (SSSR count). The number of aromatic nitrogens is 5. The van der Waals surface area contributed by atoms with Crippen molar-refractivity contribution in [1.82, 2.24) is 34.9 Å². The number of amides is 1. The number of benzene rings is 1. The second-order valence-electron chi connectivity index (χ2n) is 9.43. The fourth-order valence-corrected chi connectivity index (χ4v) is 4.67. The minimum Gasteiger partial charge on any atom is -0.508 e. The summed E-state index contributed by atoms with van der Waals surface area (Å²) in [7, 11) is 1.74. The van der Waals surface area contributed by atoms with Gasteiger partial charge in [-0.3, -0.25) is 14.5 Å². The second-order valence-corrected chi connectivity index (χ2v) is 9.43. The fourth-order valence-electron chi connectivity index (χ4n) is 4.67. The Hall–Kier alpha value is -4.05. The van der Waals surface area contributed by atoms with Crippen LogP contribution in [0.25, 0.3) is 22.4 Å². The molecule has 3 aromatic heterocycles. The standard InChI is InChI=1S/C27H32N8O2/c1-4-35-17(2)18(14-30-35)16-34(3)27(37)25-22-13-21(36)6-8-23(22)32-26(33-25)24-7-5-20(15-29-24)31-19-9-11-28-12-10-19/h5-8,13-15,19,28,31,36H,4,9-12,16H2,1-3H3. The molecule has 0 unspecified atom stereocenters. The average molecular weight is 501 g/mol. The van der Waals surface area contributed by atoms with Crippen LogP contribution in [-0.2, 0) is 13.1 Å². The van der Waals surface area contributed by atoms with E-state index in [2.05, 4.69) is 30.7 Å². The first-order chi connectivity index (χ1) is 17.9. The van der Waals surface area contributed by atoms with Gasteiger partial charge < -0.3 is 20.6 Å². The van der Waals surface area contributed by atoms with Crippen LogP contribution in [0.2, 0.25) is 0 Å². The van der Waals surface area contributed by atoms with Crippen LogP contribution in [0.5, 0.6) is 5.75 Å². The Morgan fingerprint density at radius 2 is 2.00 bits per heavy atom. The number of fused-ring (bicyclic) bond motifs is 1. The zero-order valence-corrected chi connectivity index (χ0v) is 21.4. The zero-order valence-electron chi connectivity index (χ0n) is 21.4. The average Bonchev–Trinajstić information content (AvgIpc) is 3.27. The van der Waals surface area contributed by atoms with Gasteiger partial charge in [0, 0.05) is 42.8 Å².